The second-order valence-corrected chi connectivity index (χ2v) is 5.50. The zero-order valence-electron chi connectivity index (χ0n) is 12.5. The van der Waals surface area contributed by atoms with E-state index in [1.807, 2.05) is 12.1 Å². The highest BCUT2D eigenvalue weighted by molar-refractivity contribution is 9.10. The van der Waals surface area contributed by atoms with Crippen LogP contribution in [0.2, 0.25) is 0 Å². The molecule has 0 saturated carbocycles. The molecule has 0 aliphatic carbocycles. The lowest BCUT2D eigenvalue weighted by atomic mass is 10.1. The standard InChI is InChI=1S/C15H20BrNO4/c1-11(15(19)21-3)10-17(8-9-20-2)14(18)12-6-4-5-7-13(12)16/h4-7,11H,8-10H2,1-3H3. The van der Waals surface area contributed by atoms with Crippen LogP contribution in [0.1, 0.15) is 17.3 Å². The zero-order valence-corrected chi connectivity index (χ0v) is 14.1. The summed E-state index contributed by atoms with van der Waals surface area (Å²) < 4.78 is 10.5. The van der Waals surface area contributed by atoms with Crippen LogP contribution in [0.3, 0.4) is 0 Å². The summed E-state index contributed by atoms with van der Waals surface area (Å²) in [4.78, 5) is 25.8. The van der Waals surface area contributed by atoms with Crippen molar-refractivity contribution in [1.29, 1.82) is 0 Å². The van der Waals surface area contributed by atoms with Crippen LogP contribution in [-0.4, -0.2) is 50.7 Å². The molecule has 0 radical (unpaired) electrons. The van der Waals surface area contributed by atoms with Gasteiger partial charge in [-0.3, -0.25) is 9.59 Å². The van der Waals surface area contributed by atoms with Crippen molar-refractivity contribution in [2.24, 2.45) is 5.92 Å². The number of rotatable bonds is 7. The van der Waals surface area contributed by atoms with Gasteiger partial charge in [0.05, 0.1) is 25.2 Å². The van der Waals surface area contributed by atoms with Gasteiger partial charge in [0.25, 0.3) is 5.91 Å². The Balaban J connectivity index is 2.89. The Hall–Kier alpha value is -1.40. The number of amides is 1. The van der Waals surface area contributed by atoms with Crippen molar-refractivity contribution in [3.8, 4) is 0 Å². The topological polar surface area (TPSA) is 55.8 Å². The van der Waals surface area contributed by atoms with Crippen molar-refractivity contribution in [2.75, 3.05) is 33.9 Å². The molecule has 116 valence electrons. The predicted molar refractivity (Wildman–Crippen MR) is 83.1 cm³/mol. The Kier molecular flexibility index (Phi) is 7.39. The number of hydrogen-bond acceptors (Lipinski definition) is 4. The van der Waals surface area contributed by atoms with Gasteiger partial charge in [-0.1, -0.05) is 19.1 Å². The normalized spacial score (nSPS) is 11.8. The molecule has 0 bridgehead atoms. The number of carbonyl (C=O) groups is 2. The SMILES string of the molecule is COCCN(CC(C)C(=O)OC)C(=O)c1ccccc1Br. The van der Waals surface area contributed by atoms with Crippen LogP contribution in [0, 0.1) is 5.92 Å². The summed E-state index contributed by atoms with van der Waals surface area (Å²) in [5.41, 5.74) is 0.561. The van der Waals surface area contributed by atoms with E-state index in [0.717, 1.165) is 4.47 Å². The molecule has 0 aliphatic rings. The van der Waals surface area contributed by atoms with Crippen LogP contribution < -0.4 is 0 Å². The first-order valence-electron chi connectivity index (χ1n) is 6.61. The molecule has 21 heavy (non-hydrogen) atoms. The number of carbonyl (C=O) groups excluding carboxylic acids is 2. The summed E-state index contributed by atoms with van der Waals surface area (Å²) in [6.45, 7) is 2.84. The van der Waals surface area contributed by atoms with Crippen LogP contribution in [0.4, 0.5) is 0 Å². The van der Waals surface area contributed by atoms with Gasteiger partial charge < -0.3 is 14.4 Å². The predicted octanol–water partition coefficient (Wildman–Crippen LogP) is 2.35. The molecule has 5 nitrogen and oxygen atoms in total. The summed E-state index contributed by atoms with van der Waals surface area (Å²) >= 11 is 3.37. The van der Waals surface area contributed by atoms with Gasteiger partial charge in [0.2, 0.25) is 0 Å². The van der Waals surface area contributed by atoms with Gasteiger partial charge in [0.1, 0.15) is 0 Å². The maximum atomic E-state index is 12.6. The van der Waals surface area contributed by atoms with Gasteiger partial charge in [-0.25, -0.2) is 0 Å². The van der Waals surface area contributed by atoms with Gasteiger partial charge in [-0.2, -0.15) is 0 Å². The first kappa shape index (κ1) is 17.7. The molecule has 1 aromatic rings. The smallest absolute Gasteiger partial charge is 0.310 e. The minimum absolute atomic E-state index is 0.143. The molecule has 0 spiro atoms. The molecule has 0 aromatic heterocycles. The average Bonchev–Trinajstić information content (AvgIpc) is 2.50. The van der Waals surface area contributed by atoms with E-state index in [4.69, 9.17) is 9.47 Å². The second kappa shape index (κ2) is 8.79. The highest BCUT2D eigenvalue weighted by Gasteiger charge is 2.23. The molecule has 1 atom stereocenters. The van der Waals surface area contributed by atoms with Gasteiger partial charge in [0, 0.05) is 24.7 Å². The first-order valence-corrected chi connectivity index (χ1v) is 7.41. The van der Waals surface area contributed by atoms with Crippen molar-refractivity contribution < 1.29 is 19.1 Å². The van der Waals surface area contributed by atoms with Crippen molar-refractivity contribution >= 4 is 27.8 Å². The van der Waals surface area contributed by atoms with Gasteiger partial charge in [-0.05, 0) is 28.1 Å². The molecule has 1 rings (SSSR count). The Morgan fingerprint density at radius 3 is 2.52 bits per heavy atom. The zero-order chi connectivity index (χ0) is 15.8. The van der Waals surface area contributed by atoms with Crippen LogP contribution in [-0.2, 0) is 14.3 Å². The summed E-state index contributed by atoms with van der Waals surface area (Å²) in [5, 5.41) is 0. The molecule has 0 fully saturated rings. The number of hydrogen-bond donors (Lipinski definition) is 0. The minimum Gasteiger partial charge on any atom is -0.469 e. The van der Waals surface area contributed by atoms with Gasteiger partial charge in [-0.15, -0.1) is 0 Å². The molecule has 0 saturated heterocycles. The van der Waals surface area contributed by atoms with Gasteiger partial charge in [0.15, 0.2) is 0 Å². The highest BCUT2D eigenvalue weighted by Crippen LogP contribution is 2.18. The van der Waals surface area contributed by atoms with E-state index in [2.05, 4.69) is 15.9 Å². The number of ether oxygens (including phenoxy) is 2. The monoisotopic (exact) mass is 357 g/mol. The highest BCUT2D eigenvalue weighted by atomic mass is 79.9. The van der Waals surface area contributed by atoms with E-state index >= 15 is 0 Å². The van der Waals surface area contributed by atoms with Crippen molar-refractivity contribution in [2.45, 2.75) is 6.92 Å². The molecule has 0 aliphatic heterocycles. The molecular formula is C15H20BrNO4. The quantitative estimate of drug-likeness (QED) is 0.702. The van der Waals surface area contributed by atoms with E-state index in [1.165, 1.54) is 7.11 Å². The fourth-order valence-corrected chi connectivity index (χ4v) is 2.34. The third kappa shape index (κ3) is 5.13. The molecule has 1 amide bonds. The molecule has 1 unspecified atom stereocenters. The minimum atomic E-state index is -0.390. The van der Waals surface area contributed by atoms with E-state index in [9.17, 15) is 9.59 Å². The maximum absolute atomic E-state index is 12.6. The average molecular weight is 358 g/mol. The second-order valence-electron chi connectivity index (χ2n) is 4.65. The van der Waals surface area contributed by atoms with Crippen LogP contribution >= 0.6 is 15.9 Å². The molecule has 6 heteroatoms. The van der Waals surface area contributed by atoms with E-state index in [1.54, 1.807) is 31.1 Å². The number of benzene rings is 1. The number of halogens is 1. The molecular weight excluding hydrogens is 338 g/mol. The summed E-state index contributed by atoms with van der Waals surface area (Å²) in [6, 6.07) is 7.20. The Morgan fingerprint density at radius 2 is 1.95 bits per heavy atom. The Morgan fingerprint density at radius 1 is 1.29 bits per heavy atom. The summed E-state index contributed by atoms with van der Waals surface area (Å²) in [6.07, 6.45) is 0. The summed E-state index contributed by atoms with van der Waals surface area (Å²) in [7, 11) is 2.92. The van der Waals surface area contributed by atoms with Crippen molar-refractivity contribution in [3.63, 3.8) is 0 Å². The fraction of sp³-hybridized carbons (Fsp3) is 0.467. The van der Waals surface area contributed by atoms with E-state index < -0.39 is 5.92 Å². The largest absolute Gasteiger partial charge is 0.469 e. The molecule has 1 aromatic carbocycles. The molecule has 0 N–H and O–H groups in total. The van der Waals surface area contributed by atoms with Crippen molar-refractivity contribution in [1.82, 2.24) is 4.90 Å². The lowest BCUT2D eigenvalue weighted by molar-refractivity contribution is -0.145. The van der Waals surface area contributed by atoms with Crippen LogP contribution in [0.15, 0.2) is 28.7 Å². The first-order chi connectivity index (χ1) is 10.0. The maximum Gasteiger partial charge on any atom is 0.310 e. The van der Waals surface area contributed by atoms with Crippen molar-refractivity contribution in [3.05, 3.63) is 34.3 Å². The summed E-state index contributed by atoms with van der Waals surface area (Å²) in [5.74, 6) is -0.870. The van der Waals surface area contributed by atoms with Gasteiger partial charge >= 0.3 is 5.97 Å². The van der Waals surface area contributed by atoms with Crippen LogP contribution in [0.25, 0.3) is 0 Å². The Bertz CT molecular complexity index is 492. The molecule has 0 heterocycles. The third-order valence-corrected chi connectivity index (χ3v) is 3.75. The van der Waals surface area contributed by atoms with E-state index in [0.29, 0.717) is 18.7 Å². The van der Waals surface area contributed by atoms with Crippen LogP contribution in [0.5, 0.6) is 0 Å². The van der Waals surface area contributed by atoms with E-state index in [-0.39, 0.29) is 18.4 Å². The lowest BCUT2D eigenvalue weighted by Gasteiger charge is -2.25. The number of methoxy groups -OCH3 is 2. The Labute approximate surface area is 133 Å². The number of nitrogens with zero attached hydrogens (tertiary/aromatic N) is 1. The number of esters is 1. The fourth-order valence-electron chi connectivity index (χ4n) is 1.89. The third-order valence-electron chi connectivity index (χ3n) is 3.05. The lowest BCUT2D eigenvalue weighted by Crippen LogP contribution is -2.39.